The third-order valence-corrected chi connectivity index (χ3v) is 2.93. The highest BCUT2D eigenvalue weighted by Crippen LogP contribution is 2.25. The number of hydrogen-bond donors (Lipinski definition) is 2. The number of unbranched alkanes of at least 4 members (excludes halogenated alkanes) is 1. The Bertz CT molecular complexity index is 431. The Morgan fingerprint density at radius 2 is 1.94 bits per heavy atom. The number of carbonyl (C=O) groups is 2. The lowest BCUT2D eigenvalue weighted by atomic mass is 10.2. The van der Waals surface area contributed by atoms with Crippen LogP contribution in [0.5, 0.6) is 0 Å². The molecule has 1 amide bonds. The number of halogens is 2. The first-order valence-electron chi connectivity index (χ1n) is 5.46. The predicted molar refractivity (Wildman–Crippen MR) is 68.8 cm³/mol. The number of carboxylic acids is 1. The van der Waals surface area contributed by atoms with Crippen molar-refractivity contribution in [2.75, 3.05) is 5.32 Å². The van der Waals surface area contributed by atoms with E-state index in [0.29, 0.717) is 17.3 Å². The van der Waals surface area contributed by atoms with Gasteiger partial charge in [-0.05, 0) is 40.9 Å². The van der Waals surface area contributed by atoms with Crippen molar-refractivity contribution in [2.45, 2.75) is 25.7 Å². The first kappa shape index (κ1) is 14.6. The summed E-state index contributed by atoms with van der Waals surface area (Å²) in [5, 5.41) is 10.9. The predicted octanol–water partition coefficient (Wildman–Crippen LogP) is 3.17. The number of rotatable bonds is 6. The van der Waals surface area contributed by atoms with Gasteiger partial charge in [0.15, 0.2) is 0 Å². The van der Waals surface area contributed by atoms with E-state index in [9.17, 15) is 14.0 Å². The number of para-hydroxylation sites is 1. The number of aliphatic carboxylic acids is 1. The first-order valence-corrected chi connectivity index (χ1v) is 6.25. The minimum Gasteiger partial charge on any atom is -0.481 e. The van der Waals surface area contributed by atoms with Gasteiger partial charge in [0.1, 0.15) is 5.82 Å². The van der Waals surface area contributed by atoms with Crippen LogP contribution < -0.4 is 5.32 Å². The highest BCUT2D eigenvalue weighted by molar-refractivity contribution is 9.10. The van der Waals surface area contributed by atoms with Gasteiger partial charge in [0.05, 0.1) is 5.69 Å². The van der Waals surface area contributed by atoms with E-state index in [1.54, 1.807) is 6.07 Å². The van der Waals surface area contributed by atoms with Gasteiger partial charge in [0.2, 0.25) is 5.91 Å². The Hall–Kier alpha value is -1.43. The molecule has 0 spiro atoms. The number of carboxylic acid groups (broad SMARTS) is 1. The molecule has 0 unspecified atom stereocenters. The molecule has 0 aromatic heterocycles. The smallest absolute Gasteiger partial charge is 0.303 e. The van der Waals surface area contributed by atoms with Gasteiger partial charge in [-0.1, -0.05) is 6.07 Å². The van der Waals surface area contributed by atoms with Crippen molar-refractivity contribution >= 4 is 33.5 Å². The molecule has 98 valence electrons. The molecule has 0 fully saturated rings. The minimum absolute atomic E-state index is 0.0384. The third-order valence-electron chi connectivity index (χ3n) is 2.27. The van der Waals surface area contributed by atoms with Gasteiger partial charge >= 0.3 is 5.97 Å². The highest BCUT2D eigenvalue weighted by atomic mass is 79.9. The van der Waals surface area contributed by atoms with Crippen LogP contribution in [-0.4, -0.2) is 17.0 Å². The van der Waals surface area contributed by atoms with Gasteiger partial charge in [-0.25, -0.2) is 4.39 Å². The standard InChI is InChI=1S/C12H13BrFNO3/c13-8-4-3-5-9(14)12(8)15-10(16)6-1-2-7-11(17)18/h3-5H,1-2,6-7H2,(H,15,16)(H,17,18). The summed E-state index contributed by atoms with van der Waals surface area (Å²) in [4.78, 5) is 21.8. The molecule has 0 saturated carbocycles. The zero-order valence-electron chi connectivity index (χ0n) is 9.58. The van der Waals surface area contributed by atoms with Crippen molar-refractivity contribution in [3.63, 3.8) is 0 Å². The van der Waals surface area contributed by atoms with Gasteiger partial charge in [-0.2, -0.15) is 0 Å². The average Bonchev–Trinajstić information content (AvgIpc) is 2.29. The van der Waals surface area contributed by atoms with Gasteiger partial charge in [0.25, 0.3) is 0 Å². The molecule has 0 atom stereocenters. The summed E-state index contributed by atoms with van der Waals surface area (Å²) in [5.74, 6) is -1.72. The van der Waals surface area contributed by atoms with Crippen molar-refractivity contribution in [1.29, 1.82) is 0 Å². The van der Waals surface area contributed by atoms with Crippen molar-refractivity contribution in [1.82, 2.24) is 0 Å². The van der Waals surface area contributed by atoms with E-state index in [1.807, 2.05) is 0 Å². The summed E-state index contributed by atoms with van der Waals surface area (Å²) in [6.45, 7) is 0. The lowest BCUT2D eigenvalue weighted by molar-refractivity contribution is -0.137. The van der Waals surface area contributed by atoms with Crippen LogP contribution in [0.1, 0.15) is 25.7 Å². The Labute approximate surface area is 112 Å². The normalized spacial score (nSPS) is 10.1. The topological polar surface area (TPSA) is 66.4 Å². The second kappa shape index (κ2) is 7.10. The second-order valence-electron chi connectivity index (χ2n) is 3.75. The van der Waals surface area contributed by atoms with Crippen LogP contribution >= 0.6 is 15.9 Å². The molecule has 0 radical (unpaired) electrons. The maximum atomic E-state index is 13.4. The highest BCUT2D eigenvalue weighted by Gasteiger charge is 2.10. The fraction of sp³-hybridized carbons (Fsp3) is 0.333. The lowest BCUT2D eigenvalue weighted by Gasteiger charge is -2.08. The molecule has 1 aromatic rings. The summed E-state index contributed by atoms with van der Waals surface area (Å²) in [7, 11) is 0. The molecular formula is C12H13BrFNO3. The SMILES string of the molecule is O=C(O)CCCCC(=O)Nc1c(F)cccc1Br. The number of nitrogens with one attached hydrogen (secondary N) is 1. The number of benzene rings is 1. The Kier molecular flexibility index (Phi) is 5.77. The van der Waals surface area contributed by atoms with Gasteiger partial charge in [-0.15, -0.1) is 0 Å². The summed E-state index contributed by atoms with van der Waals surface area (Å²) in [5.41, 5.74) is 0.112. The van der Waals surface area contributed by atoms with E-state index < -0.39 is 11.8 Å². The minimum atomic E-state index is -0.882. The molecule has 0 aliphatic carbocycles. The molecule has 0 saturated heterocycles. The van der Waals surface area contributed by atoms with E-state index in [2.05, 4.69) is 21.2 Å². The van der Waals surface area contributed by atoms with Gasteiger partial charge < -0.3 is 10.4 Å². The molecular weight excluding hydrogens is 305 g/mol. The second-order valence-corrected chi connectivity index (χ2v) is 4.60. The van der Waals surface area contributed by atoms with Crippen LogP contribution in [0.4, 0.5) is 10.1 Å². The zero-order valence-corrected chi connectivity index (χ0v) is 11.2. The Morgan fingerprint density at radius 1 is 1.28 bits per heavy atom. The monoisotopic (exact) mass is 317 g/mol. The lowest BCUT2D eigenvalue weighted by Crippen LogP contribution is -2.13. The number of carbonyl (C=O) groups excluding carboxylic acids is 1. The number of anilines is 1. The molecule has 0 heterocycles. The maximum absolute atomic E-state index is 13.4. The largest absolute Gasteiger partial charge is 0.481 e. The molecule has 0 aliphatic rings. The fourth-order valence-electron chi connectivity index (χ4n) is 1.38. The van der Waals surface area contributed by atoms with E-state index in [4.69, 9.17) is 5.11 Å². The molecule has 1 aromatic carbocycles. The summed E-state index contributed by atoms with van der Waals surface area (Å²) in [6.07, 6.45) is 1.11. The molecule has 18 heavy (non-hydrogen) atoms. The van der Waals surface area contributed by atoms with E-state index in [1.165, 1.54) is 12.1 Å². The van der Waals surface area contributed by atoms with Crippen molar-refractivity contribution in [3.8, 4) is 0 Å². The van der Waals surface area contributed by atoms with Crippen molar-refractivity contribution in [3.05, 3.63) is 28.5 Å². The van der Waals surface area contributed by atoms with Crippen LogP contribution in [0, 0.1) is 5.82 Å². The Morgan fingerprint density at radius 3 is 2.56 bits per heavy atom. The Balaban J connectivity index is 2.43. The third kappa shape index (κ3) is 4.83. The maximum Gasteiger partial charge on any atom is 0.303 e. The van der Waals surface area contributed by atoms with E-state index in [-0.39, 0.29) is 24.4 Å². The van der Waals surface area contributed by atoms with Crippen molar-refractivity contribution in [2.24, 2.45) is 0 Å². The molecule has 0 bridgehead atoms. The molecule has 0 aliphatic heterocycles. The number of hydrogen-bond acceptors (Lipinski definition) is 2. The number of amides is 1. The van der Waals surface area contributed by atoms with Crippen LogP contribution in [0.2, 0.25) is 0 Å². The van der Waals surface area contributed by atoms with Gasteiger partial charge in [-0.3, -0.25) is 9.59 Å². The van der Waals surface area contributed by atoms with E-state index >= 15 is 0 Å². The van der Waals surface area contributed by atoms with Crippen LogP contribution in [0.3, 0.4) is 0 Å². The van der Waals surface area contributed by atoms with Crippen LogP contribution in [-0.2, 0) is 9.59 Å². The molecule has 2 N–H and O–H groups in total. The summed E-state index contributed by atoms with van der Waals surface area (Å²) < 4.78 is 13.9. The molecule has 6 heteroatoms. The molecule has 4 nitrogen and oxygen atoms in total. The van der Waals surface area contributed by atoms with Crippen LogP contribution in [0.25, 0.3) is 0 Å². The van der Waals surface area contributed by atoms with Crippen LogP contribution in [0.15, 0.2) is 22.7 Å². The fourth-order valence-corrected chi connectivity index (χ4v) is 1.82. The first-order chi connectivity index (χ1) is 8.50. The van der Waals surface area contributed by atoms with Crippen molar-refractivity contribution < 1.29 is 19.1 Å². The summed E-state index contributed by atoms with van der Waals surface area (Å²) in [6, 6.07) is 4.41. The van der Waals surface area contributed by atoms with E-state index in [0.717, 1.165) is 0 Å². The quantitative estimate of drug-likeness (QED) is 0.792. The van der Waals surface area contributed by atoms with Gasteiger partial charge in [0, 0.05) is 17.3 Å². The molecule has 1 rings (SSSR count). The average molecular weight is 318 g/mol. The zero-order chi connectivity index (χ0) is 13.5. The summed E-state index contributed by atoms with van der Waals surface area (Å²) >= 11 is 3.14.